The number of hydrogen-bond acceptors (Lipinski definition) is 4. The van der Waals surface area contributed by atoms with Crippen molar-refractivity contribution in [3.05, 3.63) is 48.5 Å². The molecule has 2 aromatic rings. The van der Waals surface area contributed by atoms with Crippen LogP contribution in [0.4, 0.5) is 17.1 Å². The summed E-state index contributed by atoms with van der Waals surface area (Å²) in [5.74, 6) is 0.103. The molecule has 0 spiro atoms. The Morgan fingerprint density at radius 2 is 1.66 bits per heavy atom. The molecule has 7 nitrogen and oxygen atoms in total. The predicted molar refractivity (Wildman–Crippen MR) is 112 cm³/mol. The SMILES string of the molecule is CC(C)C(=O)Nc1ccc(NC(=O)CCN2C(=O)C(C)Oc3ccccc32)cc1. The van der Waals surface area contributed by atoms with Crippen LogP contribution >= 0.6 is 0 Å². The van der Waals surface area contributed by atoms with E-state index in [1.807, 2.05) is 32.0 Å². The molecule has 0 radical (unpaired) electrons. The summed E-state index contributed by atoms with van der Waals surface area (Å²) in [5.41, 5.74) is 1.97. The molecule has 152 valence electrons. The lowest BCUT2D eigenvalue weighted by Gasteiger charge is -2.32. The normalized spacial score (nSPS) is 15.5. The first-order valence-corrected chi connectivity index (χ1v) is 9.63. The number of rotatable bonds is 6. The van der Waals surface area contributed by atoms with Gasteiger partial charge in [-0.1, -0.05) is 26.0 Å². The van der Waals surface area contributed by atoms with Crippen molar-refractivity contribution in [1.29, 1.82) is 0 Å². The molecule has 1 aliphatic heterocycles. The number of benzene rings is 2. The third kappa shape index (κ3) is 4.93. The molecule has 2 aromatic carbocycles. The minimum absolute atomic E-state index is 0.0635. The second kappa shape index (κ2) is 8.77. The van der Waals surface area contributed by atoms with Gasteiger partial charge in [-0.3, -0.25) is 14.4 Å². The average molecular weight is 395 g/mol. The molecule has 0 saturated carbocycles. The van der Waals surface area contributed by atoms with E-state index in [-0.39, 0.29) is 36.6 Å². The highest BCUT2D eigenvalue weighted by atomic mass is 16.5. The molecule has 0 bridgehead atoms. The molecule has 3 amide bonds. The fraction of sp³-hybridized carbons (Fsp3) is 0.318. The highest BCUT2D eigenvalue weighted by molar-refractivity contribution is 6.01. The quantitative estimate of drug-likeness (QED) is 0.784. The zero-order chi connectivity index (χ0) is 21.0. The number of anilines is 3. The van der Waals surface area contributed by atoms with E-state index in [1.165, 1.54) is 0 Å². The zero-order valence-electron chi connectivity index (χ0n) is 16.8. The lowest BCUT2D eigenvalue weighted by atomic mass is 10.1. The summed E-state index contributed by atoms with van der Waals surface area (Å²) in [6.45, 7) is 5.60. The van der Waals surface area contributed by atoms with Gasteiger partial charge in [0.25, 0.3) is 5.91 Å². The molecule has 2 N–H and O–H groups in total. The van der Waals surface area contributed by atoms with Crippen LogP contribution in [0.1, 0.15) is 27.2 Å². The van der Waals surface area contributed by atoms with Gasteiger partial charge in [-0.2, -0.15) is 0 Å². The fourth-order valence-electron chi connectivity index (χ4n) is 2.95. The summed E-state index contributed by atoms with van der Waals surface area (Å²) in [7, 11) is 0. The van der Waals surface area contributed by atoms with Gasteiger partial charge in [-0.05, 0) is 43.3 Å². The van der Waals surface area contributed by atoms with Crippen molar-refractivity contribution in [2.75, 3.05) is 22.1 Å². The van der Waals surface area contributed by atoms with Crippen LogP contribution in [0.3, 0.4) is 0 Å². The summed E-state index contributed by atoms with van der Waals surface area (Å²) >= 11 is 0. The van der Waals surface area contributed by atoms with Crippen molar-refractivity contribution in [2.24, 2.45) is 5.92 Å². The van der Waals surface area contributed by atoms with Crippen LogP contribution in [0.5, 0.6) is 5.75 Å². The molecular weight excluding hydrogens is 370 g/mol. The number of para-hydroxylation sites is 2. The molecule has 0 aliphatic carbocycles. The molecule has 1 heterocycles. The molecule has 29 heavy (non-hydrogen) atoms. The van der Waals surface area contributed by atoms with E-state index in [0.29, 0.717) is 22.8 Å². The molecular formula is C22H25N3O4. The van der Waals surface area contributed by atoms with Crippen molar-refractivity contribution in [3.8, 4) is 5.75 Å². The number of ether oxygens (including phenoxy) is 1. The molecule has 1 atom stereocenters. The summed E-state index contributed by atoms with van der Waals surface area (Å²) in [6.07, 6.45) is -0.430. The van der Waals surface area contributed by atoms with Gasteiger partial charge >= 0.3 is 0 Å². The Balaban J connectivity index is 1.57. The van der Waals surface area contributed by atoms with Crippen molar-refractivity contribution in [2.45, 2.75) is 33.3 Å². The largest absolute Gasteiger partial charge is 0.479 e. The smallest absolute Gasteiger partial charge is 0.267 e. The van der Waals surface area contributed by atoms with Gasteiger partial charge in [0, 0.05) is 30.3 Å². The second-order valence-electron chi connectivity index (χ2n) is 7.24. The summed E-state index contributed by atoms with van der Waals surface area (Å²) < 4.78 is 5.61. The first-order valence-electron chi connectivity index (χ1n) is 9.63. The number of carbonyl (C=O) groups excluding carboxylic acids is 3. The average Bonchev–Trinajstić information content (AvgIpc) is 2.69. The van der Waals surface area contributed by atoms with Gasteiger partial charge in [-0.25, -0.2) is 0 Å². The van der Waals surface area contributed by atoms with E-state index >= 15 is 0 Å². The Kier molecular flexibility index (Phi) is 6.16. The topological polar surface area (TPSA) is 87.7 Å². The maximum Gasteiger partial charge on any atom is 0.267 e. The zero-order valence-corrected chi connectivity index (χ0v) is 16.8. The van der Waals surface area contributed by atoms with Crippen molar-refractivity contribution in [1.82, 2.24) is 0 Å². The van der Waals surface area contributed by atoms with Gasteiger partial charge in [0.15, 0.2) is 6.10 Å². The Hall–Kier alpha value is -3.35. The number of amides is 3. The fourth-order valence-corrected chi connectivity index (χ4v) is 2.95. The Labute approximate surface area is 170 Å². The standard InChI is InChI=1S/C22H25N3O4/c1-14(2)21(27)24-17-10-8-16(9-11-17)23-20(26)12-13-25-18-6-4-5-7-19(18)29-15(3)22(25)28/h4-11,14-15H,12-13H2,1-3H3,(H,23,26)(H,24,27). The van der Waals surface area contributed by atoms with Crippen LogP contribution < -0.4 is 20.3 Å². The van der Waals surface area contributed by atoms with Gasteiger partial charge in [0.1, 0.15) is 5.75 Å². The Morgan fingerprint density at radius 3 is 2.31 bits per heavy atom. The van der Waals surface area contributed by atoms with E-state index in [9.17, 15) is 14.4 Å². The monoisotopic (exact) mass is 395 g/mol. The van der Waals surface area contributed by atoms with Gasteiger partial charge in [0.2, 0.25) is 11.8 Å². The number of fused-ring (bicyclic) bond motifs is 1. The van der Waals surface area contributed by atoms with Crippen LogP contribution in [0.15, 0.2) is 48.5 Å². The predicted octanol–water partition coefficient (Wildman–Crippen LogP) is 3.42. The third-order valence-corrected chi connectivity index (χ3v) is 4.60. The third-order valence-electron chi connectivity index (χ3n) is 4.60. The van der Waals surface area contributed by atoms with Gasteiger partial charge < -0.3 is 20.3 Å². The molecule has 0 fully saturated rings. The van der Waals surface area contributed by atoms with Crippen LogP contribution in [0.2, 0.25) is 0 Å². The van der Waals surface area contributed by atoms with Gasteiger partial charge in [-0.15, -0.1) is 0 Å². The highest BCUT2D eigenvalue weighted by Crippen LogP contribution is 2.33. The van der Waals surface area contributed by atoms with E-state index in [4.69, 9.17) is 4.74 Å². The lowest BCUT2D eigenvalue weighted by Crippen LogP contribution is -2.45. The summed E-state index contributed by atoms with van der Waals surface area (Å²) in [6, 6.07) is 14.2. The minimum atomic E-state index is -0.582. The lowest BCUT2D eigenvalue weighted by molar-refractivity contribution is -0.125. The van der Waals surface area contributed by atoms with E-state index in [0.717, 1.165) is 0 Å². The van der Waals surface area contributed by atoms with Crippen LogP contribution in [-0.4, -0.2) is 30.4 Å². The van der Waals surface area contributed by atoms with Crippen LogP contribution in [-0.2, 0) is 14.4 Å². The number of nitrogens with one attached hydrogen (secondary N) is 2. The maximum absolute atomic E-state index is 12.5. The Bertz CT molecular complexity index is 909. The van der Waals surface area contributed by atoms with Crippen molar-refractivity contribution in [3.63, 3.8) is 0 Å². The molecule has 1 aliphatic rings. The van der Waals surface area contributed by atoms with E-state index in [2.05, 4.69) is 10.6 Å². The highest BCUT2D eigenvalue weighted by Gasteiger charge is 2.31. The van der Waals surface area contributed by atoms with Crippen LogP contribution in [0.25, 0.3) is 0 Å². The molecule has 3 rings (SSSR count). The van der Waals surface area contributed by atoms with Crippen LogP contribution in [0, 0.1) is 5.92 Å². The number of hydrogen-bond donors (Lipinski definition) is 2. The van der Waals surface area contributed by atoms with E-state index < -0.39 is 6.10 Å². The molecule has 0 aromatic heterocycles. The maximum atomic E-state index is 12.5. The molecule has 1 unspecified atom stereocenters. The van der Waals surface area contributed by atoms with Crippen molar-refractivity contribution < 1.29 is 19.1 Å². The molecule has 0 saturated heterocycles. The summed E-state index contributed by atoms with van der Waals surface area (Å²) in [5, 5.41) is 5.61. The molecule has 7 heteroatoms. The van der Waals surface area contributed by atoms with E-state index in [1.54, 1.807) is 42.2 Å². The Morgan fingerprint density at radius 1 is 1.03 bits per heavy atom. The number of carbonyl (C=O) groups is 3. The second-order valence-corrected chi connectivity index (χ2v) is 7.24. The number of nitrogens with zero attached hydrogens (tertiary/aromatic N) is 1. The first-order chi connectivity index (χ1) is 13.8. The van der Waals surface area contributed by atoms with Gasteiger partial charge in [0.05, 0.1) is 5.69 Å². The first kappa shape index (κ1) is 20.4. The van der Waals surface area contributed by atoms with Crippen molar-refractivity contribution >= 4 is 34.8 Å². The summed E-state index contributed by atoms with van der Waals surface area (Å²) in [4.78, 5) is 38.1. The minimum Gasteiger partial charge on any atom is -0.479 e.